The molecule has 2 N–H and O–H groups in total. The van der Waals surface area contributed by atoms with Gasteiger partial charge in [-0.1, -0.05) is 0 Å². The van der Waals surface area contributed by atoms with Crippen LogP contribution < -0.4 is 15.0 Å². The summed E-state index contributed by atoms with van der Waals surface area (Å²) in [6, 6.07) is 5.57. The maximum Gasteiger partial charge on any atom is 0.253 e. The molecule has 0 radical (unpaired) electrons. The molecular weight excluding hydrogens is 332 g/mol. The maximum absolute atomic E-state index is 11.8. The molecule has 0 aliphatic carbocycles. The molecular formula is C19H22N4O3. The molecule has 1 amide bonds. The molecule has 2 aliphatic rings. The smallest absolute Gasteiger partial charge is 0.253 e. The van der Waals surface area contributed by atoms with Crippen LogP contribution in [0.5, 0.6) is 5.75 Å². The number of pyridine rings is 2. The van der Waals surface area contributed by atoms with Crippen LogP contribution >= 0.6 is 0 Å². The van der Waals surface area contributed by atoms with Crippen LogP contribution in [0.3, 0.4) is 0 Å². The number of rotatable bonds is 4. The van der Waals surface area contributed by atoms with E-state index in [-0.39, 0.29) is 18.6 Å². The fourth-order valence-corrected chi connectivity index (χ4v) is 3.50. The van der Waals surface area contributed by atoms with Crippen molar-refractivity contribution in [3.63, 3.8) is 0 Å². The molecule has 2 aliphatic heterocycles. The first-order valence-electron chi connectivity index (χ1n) is 8.90. The Balaban J connectivity index is 1.40. The highest BCUT2D eigenvalue weighted by atomic mass is 16.5. The van der Waals surface area contributed by atoms with Crippen LogP contribution in [0, 0.1) is 6.92 Å². The third-order valence-electron chi connectivity index (χ3n) is 4.93. The normalized spacial score (nSPS) is 17.2. The zero-order valence-electron chi connectivity index (χ0n) is 14.7. The van der Waals surface area contributed by atoms with Crippen LogP contribution in [0.2, 0.25) is 0 Å². The molecule has 7 heteroatoms. The van der Waals surface area contributed by atoms with Gasteiger partial charge in [0.15, 0.2) is 0 Å². The molecule has 0 atom stereocenters. The van der Waals surface area contributed by atoms with Gasteiger partial charge in [-0.2, -0.15) is 0 Å². The van der Waals surface area contributed by atoms with Gasteiger partial charge in [-0.05, 0) is 30.7 Å². The number of aryl methyl sites for hydroxylation is 1. The molecule has 4 rings (SSSR count). The minimum atomic E-state index is -0.0626. The van der Waals surface area contributed by atoms with E-state index in [4.69, 9.17) is 14.8 Å². The first kappa shape index (κ1) is 16.8. The highest BCUT2D eigenvalue weighted by molar-refractivity contribution is 5.98. The van der Waals surface area contributed by atoms with Gasteiger partial charge in [0.1, 0.15) is 17.7 Å². The lowest BCUT2D eigenvalue weighted by Gasteiger charge is -2.33. The highest BCUT2D eigenvalue weighted by Gasteiger charge is 2.26. The fourth-order valence-electron chi connectivity index (χ4n) is 3.50. The summed E-state index contributed by atoms with van der Waals surface area (Å²) in [7, 11) is 0. The van der Waals surface area contributed by atoms with E-state index >= 15 is 0 Å². The van der Waals surface area contributed by atoms with Gasteiger partial charge in [-0.15, -0.1) is 0 Å². The highest BCUT2D eigenvalue weighted by Crippen LogP contribution is 2.27. The van der Waals surface area contributed by atoms with Gasteiger partial charge < -0.3 is 20.1 Å². The van der Waals surface area contributed by atoms with E-state index in [1.807, 2.05) is 19.1 Å². The molecule has 0 aromatic carbocycles. The topological polar surface area (TPSA) is 87.6 Å². The third-order valence-corrected chi connectivity index (χ3v) is 4.93. The van der Waals surface area contributed by atoms with Gasteiger partial charge in [-0.3, -0.25) is 9.78 Å². The van der Waals surface area contributed by atoms with Gasteiger partial charge in [0.2, 0.25) is 0 Å². The van der Waals surface area contributed by atoms with Crippen molar-refractivity contribution < 1.29 is 14.6 Å². The molecule has 7 nitrogen and oxygen atoms in total. The molecule has 2 aromatic rings. The number of hydrogen-bond donors (Lipinski definition) is 2. The number of fused-ring (bicyclic) bond motifs is 1. The van der Waals surface area contributed by atoms with Crippen molar-refractivity contribution in [1.29, 1.82) is 0 Å². The van der Waals surface area contributed by atoms with Gasteiger partial charge in [0.05, 0.1) is 36.3 Å². The predicted molar refractivity (Wildman–Crippen MR) is 96.2 cm³/mol. The third kappa shape index (κ3) is 3.22. The lowest BCUT2D eigenvalue weighted by molar-refractivity contribution is 0.0965. The van der Waals surface area contributed by atoms with E-state index < -0.39 is 0 Å². The van der Waals surface area contributed by atoms with Gasteiger partial charge in [0.25, 0.3) is 5.91 Å². The van der Waals surface area contributed by atoms with E-state index in [1.54, 1.807) is 12.3 Å². The van der Waals surface area contributed by atoms with Crippen LogP contribution in [0.15, 0.2) is 24.4 Å². The number of amides is 1. The molecule has 2 aromatic heterocycles. The number of nitrogens with one attached hydrogen (secondary N) is 1. The van der Waals surface area contributed by atoms with E-state index in [0.717, 1.165) is 48.8 Å². The van der Waals surface area contributed by atoms with Crippen molar-refractivity contribution >= 4 is 11.7 Å². The van der Waals surface area contributed by atoms with Gasteiger partial charge in [-0.25, -0.2) is 4.98 Å². The molecule has 0 spiro atoms. The Labute approximate surface area is 152 Å². The zero-order valence-corrected chi connectivity index (χ0v) is 14.7. The van der Waals surface area contributed by atoms with Crippen LogP contribution in [0.4, 0.5) is 5.82 Å². The standard InChI is InChI=1S/C19H22N4O3/c1-12-8-16-17(10-21-19(16)25)22-18(12)23-6-4-14(5-7-23)26-15-3-2-13(11-24)20-9-15/h2-3,8-9,14,24H,4-7,10-11H2,1H3,(H,21,25). The van der Waals surface area contributed by atoms with Gasteiger partial charge in [0, 0.05) is 25.9 Å². The monoisotopic (exact) mass is 354 g/mol. The summed E-state index contributed by atoms with van der Waals surface area (Å²) in [5.74, 6) is 1.67. The van der Waals surface area contributed by atoms with Gasteiger partial charge >= 0.3 is 0 Å². The number of aliphatic hydroxyl groups is 1. The number of aromatic nitrogens is 2. The average molecular weight is 354 g/mol. The number of hydrogen-bond acceptors (Lipinski definition) is 6. The zero-order chi connectivity index (χ0) is 18.1. The van der Waals surface area contributed by atoms with E-state index in [0.29, 0.717) is 17.8 Å². The fraction of sp³-hybridized carbons (Fsp3) is 0.421. The van der Waals surface area contributed by atoms with Crippen LogP contribution in [0.1, 0.15) is 40.2 Å². The molecule has 0 unspecified atom stereocenters. The largest absolute Gasteiger partial charge is 0.489 e. The number of nitrogens with zero attached hydrogens (tertiary/aromatic N) is 3. The second kappa shape index (κ2) is 6.92. The number of piperidine rings is 1. The number of anilines is 1. The summed E-state index contributed by atoms with van der Waals surface area (Å²) in [6.45, 7) is 4.18. The molecule has 136 valence electrons. The van der Waals surface area contributed by atoms with E-state index in [1.165, 1.54) is 0 Å². The lowest BCUT2D eigenvalue weighted by Crippen LogP contribution is -2.39. The number of carbonyl (C=O) groups excluding carboxylic acids is 1. The van der Waals surface area contributed by atoms with Crippen LogP contribution in [-0.4, -0.2) is 40.2 Å². The minimum absolute atomic E-state index is 0.0323. The minimum Gasteiger partial charge on any atom is -0.489 e. The predicted octanol–water partition coefficient (Wildman–Crippen LogP) is 1.57. The van der Waals surface area contributed by atoms with Crippen molar-refractivity contribution in [2.24, 2.45) is 0 Å². The summed E-state index contributed by atoms with van der Waals surface area (Å²) in [4.78, 5) is 22.9. The summed E-state index contributed by atoms with van der Waals surface area (Å²) >= 11 is 0. The second-order valence-corrected chi connectivity index (χ2v) is 6.75. The molecule has 1 saturated heterocycles. The van der Waals surface area contributed by atoms with Crippen LogP contribution in [0.25, 0.3) is 0 Å². The lowest BCUT2D eigenvalue weighted by atomic mass is 10.1. The van der Waals surface area contributed by atoms with Crippen molar-refractivity contribution in [2.75, 3.05) is 18.0 Å². The first-order valence-corrected chi connectivity index (χ1v) is 8.90. The van der Waals surface area contributed by atoms with Crippen molar-refractivity contribution in [3.05, 3.63) is 46.9 Å². The molecule has 26 heavy (non-hydrogen) atoms. The van der Waals surface area contributed by atoms with E-state index in [2.05, 4.69) is 15.2 Å². The summed E-state index contributed by atoms with van der Waals surface area (Å²) < 4.78 is 6.01. The number of aliphatic hydroxyl groups excluding tert-OH is 1. The molecule has 0 saturated carbocycles. The Hall–Kier alpha value is -2.67. The molecule has 1 fully saturated rings. The van der Waals surface area contributed by atoms with Crippen molar-refractivity contribution in [2.45, 2.75) is 39.0 Å². The SMILES string of the molecule is Cc1cc2c(nc1N1CCC(Oc3ccc(CO)nc3)CC1)CNC2=O. The Morgan fingerprint density at radius 3 is 2.85 bits per heavy atom. The first-order chi connectivity index (χ1) is 12.6. The maximum atomic E-state index is 11.8. The van der Waals surface area contributed by atoms with Crippen molar-refractivity contribution in [1.82, 2.24) is 15.3 Å². The second-order valence-electron chi connectivity index (χ2n) is 6.75. The quantitative estimate of drug-likeness (QED) is 0.867. The summed E-state index contributed by atoms with van der Waals surface area (Å²) in [5, 5.41) is 11.9. The Morgan fingerprint density at radius 1 is 1.35 bits per heavy atom. The van der Waals surface area contributed by atoms with Crippen LogP contribution in [-0.2, 0) is 13.2 Å². The Morgan fingerprint density at radius 2 is 2.15 bits per heavy atom. The number of carbonyl (C=O) groups is 1. The summed E-state index contributed by atoms with van der Waals surface area (Å²) in [6.07, 6.45) is 3.61. The Kier molecular flexibility index (Phi) is 4.46. The summed E-state index contributed by atoms with van der Waals surface area (Å²) in [5.41, 5.74) is 3.20. The van der Waals surface area contributed by atoms with Crippen molar-refractivity contribution in [3.8, 4) is 5.75 Å². The molecule has 0 bridgehead atoms. The average Bonchev–Trinajstić information content (AvgIpc) is 3.02. The van der Waals surface area contributed by atoms with E-state index in [9.17, 15) is 4.79 Å². The Bertz CT molecular complexity index is 814. The number of ether oxygens (including phenoxy) is 1. The molecule has 4 heterocycles.